The molecule has 110 valence electrons. The molecule has 0 aliphatic rings. The number of aromatic nitrogens is 3. The number of pyridine rings is 1. The Balaban J connectivity index is 2.19. The lowest BCUT2D eigenvalue weighted by atomic mass is 10.2. The molecule has 0 fully saturated rings. The largest absolute Gasteiger partial charge is 0.481 e. The number of halogens is 1. The first-order valence-electron chi connectivity index (χ1n) is 6.25. The third kappa shape index (κ3) is 3.49. The van der Waals surface area contributed by atoms with E-state index in [2.05, 4.69) is 37.9 Å². The Morgan fingerprint density at radius 2 is 2.38 bits per heavy atom. The molecule has 0 aliphatic carbocycles. The van der Waals surface area contributed by atoms with Crippen molar-refractivity contribution in [3.63, 3.8) is 0 Å². The van der Waals surface area contributed by atoms with Crippen molar-refractivity contribution in [2.24, 2.45) is 0 Å². The first-order chi connectivity index (χ1) is 10.2. The van der Waals surface area contributed by atoms with Crippen molar-refractivity contribution in [3.8, 4) is 5.88 Å². The summed E-state index contributed by atoms with van der Waals surface area (Å²) < 4.78 is 6.94. The molecule has 0 spiro atoms. The number of ether oxygens (including phenoxy) is 1. The monoisotopic (exact) mass is 350 g/mol. The van der Waals surface area contributed by atoms with Gasteiger partial charge >= 0.3 is 0 Å². The molecule has 21 heavy (non-hydrogen) atoms. The minimum absolute atomic E-state index is 0.210. The minimum Gasteiger partial charge on any atom is -0.481 e. The zero-order chi connectivity index (χ0) is 15.2. The third-order valence-corrected chi connectivity index (χ3v) is 3.57. The first-order valence-corrected chi connectivity index (χ1v) is 7.05. The van der Waals surface area contributed by atoms with Crippen molar-refractivity contribution >= 4 is 21.6 Å². The quantitative estimate of drug-likeness (QED) is 0.809. The molecule has 2 rings (SSSR count). The zero-order valence-corrected chi connectivity index (χ0v) is 13.1. The van der Waals surface area contributed by atoms with Crippen molar-refractivity contribution in [2.75, 3.05) is 12.4 Å². The van der Waals surface area contributed by atoms with Gasteiger partial charge in [0.2, 0.25) is 5.88 Å². The molecular formula is C14H15BrN4O2. The lowest BCUT2D eigenvalue weighted by Gasteiger charge is -2.11. The number of nitrogens with zero attached hydrogens (tertiary/aromatic N) is 3. The summed E-state index contributed by atoms with van der Waals surface area (Å²) in [5.74, 6) is 0.550. The van der Waals surface area contributed by atoms with Crippen molar-refractivity contribution in [1.82, 2.24) is 14.8 Å². The molecule has 0 unspecified atom stereocenters. The average molecular weight is 351 g/mol. The van der Waals surface area contributed by atoms with Crippen LogP contribution in [-0.2, 0) is 13.1 Å². The summed E-state index contributed by atoms with van der Waals surface area (Å²) in [7, 11) is 1.57. The molecule has 0 aromatic carbocycles. The normalized spacial score (nSPS) is 10.2. The van der Waals surface area contributed by atoms with Crippen LogP contribution in [0.1, 0.15) is 5.56 Å². The van der Waals surface area contributed by atoms with Gasteiger partial charge in [0.1, 0.15) is 4.47 Å². The summed E-state index contributed by atoms with van der Waals surface area (Å²) in [6.45, 7) is 4.44. The molecular weight excluding hydrogens is 336 g/mol. The molecule has 6 nitrogen and oxygen atoms in total. The van der Waals surface area contributed by atoms with Crippen LogP contribution in [0.15, 0.2) is 46.4 Å². The second-order valence-corrected chi connectivity index (χ2v) is 4.97. The summed E-state index contributed by atoms with van der Waals surface area (Å²) in [5.41, 5.74) is 1.30. The number of hydrogen-bond acceptors (Lipinski definition) is 5. The predicted molar refractivity (Wildman–Crippen MR) is 84.5 cm³/mol. The van der Waals surface area contributed by atoms with Gasteiger partial charge in [-0.3, -0.25) is 4.79 Å². The molecule has 0 saturated carbocycles. The maximum atomic E-state index is 12.0. The number of nitrogens with one attached hydrogen (secondary N) is 1. The van der Waals surface area contributed by atoms with E-state index in [1.54, 1.807) is 25.6 Å². The van der Waals surface area contributed by atoms with E-state index < -0.39 is 0 Å². The van der Waals surface area contributed by atoms with E-state index in [1.165, 1.54) is 4.68 Å². The molecule has 0 amide bonds. The third-order valence-electron chi connectivity index (χ3n) is 2.80. The molecule has 0 radical (unpaired) electrons. The Hall–Kier alpha value is -2.15. The summed E-state index contributed by atoms with van der Waals surface area (Å²) in [5, 5.41) is 7.22. The van der Waals surface area contributed by atoms with Crippen molar-refractivity contribution in [3.05, 3.63) is 57.6 Å². The van der Waals surface area contributed by atoms with E-state index in [-0.39, 0.29) is 5.56 Å². The number of methoxy groups -OCH3 is 1. The zero-order valence-electron chi connectivity index (χ0n) is 11.5. The molecule has 2 heterocycles. The highest BCUT2D eigenvalue weighted by molar-refractivity contribution is 9.10. The standard InChI is InChI=1S/C14H15BrN4O2/c1-3-7-19-14(20)12(15)11(9-18-19)17-8-10-5-4-6-16-13(10)21-2/h3-6,9,17H,1,7-8H2,2H3. The highest BCUT2D eigenvalue weighted by Gasteiger charge is 2.09. The van der Waals surface area contributed by atoms with Crippen LogP contribution in [0.3, 0.4) is 0 Å². The highest BCUT2D eigenvalue weighted by atomic mass is 79.9. The number of rotatable bonds is 6. The lowest BCUT2D eigenvalue weighted by Crippen LogP contribution is -2.23. The molecule has 0 aliphatic heterocycles. The van der Waals surface area contributed by atoms with Crippen molar-refractivity contribution in [1.29, 1.82) is 0 Å². The molecule has 0 atom stereocenters. The Kier molecular flexibility index (Phi) is 5.10. The van der Waals surface area contributed by atoms with Gasteiger partial charge in [-0.25, -0.2) is 9.67 Å². The number of allylic oxidation sites excluding steroid dienone is 1. The van der Waals surface area contributed by atoms with Crippen LogP contribution in [0, 0.1) is 0 Å². The fourth-order valence-corrected chi connectivity index (χ4v) is 2.22. The van der Waals surface area contributed by atoms with E-state index in [0.29, 0.717) is 29.1 Å². The van der Waals surface area contributed by atoms with Crippen molar-refractivity contribution in [2.45, 2.75) is 13.1 Å². The second-order valence-electron chi connectivity index (χ2n) is 4.17. The van der Waals surface area contributed by atoms with Crippen molar-refractivity contribution < 1.29 is 4.74 Å². The van der Waals surface area contributed by atoms with Gasteiger partial charge in [-0.15, -0.1) is 6.58 Å². The maximum Gasteiger partial charge on any atom is 0.283 e. The van der Waals surface area contributed by atoms with Gasteiger partial charge in [0.25, 0.3) is 5.56 Å². The fraction of sp³-hybridized carbons (Fsp3) is 0.214. The molecule has 2 aromatic rings. The highest BCUT2D eigenvalue weighted by Crippen LogP contribution is 2.19. The van der Waals surface area contributed by atoms with Crippen LogP contribution in [-0.4, -0.2) is 21.9 Å². The van der Waals surface area contributed by atoms with Crippen LogP contribution in [0.25, 0.3) is 0 Å². The molecule has 2 aromatic heterocycles. The van der Waals surface area contributed by atoms with Crippen LogP contribution < -0.4 is 15.6 Å². The SMILES string of the molecule is C=CCn1ncc(NCc2cccnc2OC)c(Br)c1=O. The molecule has 7 heteroatoms. The number of anilines is 1. The first kappa shape index (κ1) is 15.2. The van der Waals surface area contributed by atoms with Gasteiger partial charge in [-0.2, -0.15) is 5.10 Å². The Morgan fingerprint density at radius 1 is 1.57 bits per heavy atom. The van der Waals surface area contributed by atoms with Gasteiger partial charge < -0.3 is 10.1 Å². The van der Waals surface area contributed by atoms with Crippen LogP contribution in [0.5, 0.6) is 5.88 Å². The fourth-order valence-electron chi connectivity index (χ4n) is 1.77. The Morgan fingerprint density at radius 3 is 3.10 bits per heavy atom. The van der Waals surface area contributed by atoms with Gasteiger partial charge in [0, 0.05) is 18.3 Å². The van der Waals surface area contributed by atoms with Gasteiger partial charge in [0.05, 0.1) is 25.5 Å². The molecule has 1 N–H and O–H groups in total. The van der Waals surface area contributed by atoms with Gasteiger partial charge in [-0.05, 0) is 22.0 Å². The summed E-state index contributed by atoms with van der Waals surface area (Å²) >= 11 is 3.29. The second kappa shape index (κ2) is 7.03. The van der Waals surface area contributed by atoms with E-state index >= 15 is 0 Å². The van der Waals surface area contributed by atoms with Gasteiger partial charge in [0.15, 0.2) is 0 Å². The van der Waals surface area contributed by atoms with E-state index in [1.807, 2.05) is 12.1 Å². The van der Waals surface area contributed by atoms with Crippen LogP contribution in [0.4, 0.5) is 5.69 Å². The average Bonchev–Trinajstić information content (AvgIpc) is 2.51. The summed E-state index contributed by atoms with van der Waals surface area (Å²) in [6, 6.07) is 3.73. The smallest absolute Gasteiger partial charge is 0.283 e. The van der Waals surface area contributed by atoms with E-state index in [0.717, 1.165) is 5.56 Å². The number of hydrogen-bond donors (Lipinski definition) is 1. The van der Waals surface area contributed by atoms with Crippen LogP contribution in [0.2, 0.25) is 0 Å². The molecule has 0 bridgehead atoms. The summed E-state index contributed by atoms with van der Waals surface area (Å²) in [4.78, 5) is 16.2. The Labute approximate surface area is 130 Å². The van der Waals surface area contributed by atoms with Crippen LogP contribution >= 0.6 is 15.9 Å². The van der Waals surface area contributed by atoms with Gasteiger partial charge in [-0.1, -0.05) is 12.1 Å². The van der Waals surface area contributed by atoms with E-state index in [9.17, 15) is 4.79 Å². The van der Waals surface area contributed by atoms with E-state index in [4.69, 9.17) is 4.74 Å². The Bertz CT molecular complexity index is 700. The maximum absolute atomic E-state index is 12.0. The lowest BCUT2D eigenvalue weighted by molar-refractivity contribution is 0.393. The summed E-state index contributed by atoms with van der Waals surface area (Å²) in [6.07, 6.45) is 4.88. The molecule has 0 saturated heterocycles. The minimum atomic E-state index is -0.210. The topological polar surface area (TPSA) is 69.0 Å². The predicted octanol–water partition coefficient (Wildman–Crippen LogP) is 2.21.